The van der Waals surface area contributed by atoms with Crippen LogP contribution in [0.4, 0.5) is 0 Å². The van der Waals surface area contributed by atoms with E-state index in [0.717, 1.165) is 0 Å². The topological polar surface area (TPSA) is 56.3 Å². The van der Waals surface area contributed by atoms with Gasteiger partial charge in [0.05, 0.1) is 12.2 Å². The molecule has 0 fully saturated rings. The maximum Gasteiger partial charge on any atom is 0.340 e. The van der Waals surface area contributed by atoms with E-state index in [2.05, 4.69) is 4.98 Å². The molecule has 0 aliphatic heterocycles. The van der Waals surface area contributed by atoms with E-state index in [1.54, 1.807) is 6.92 Å². The summed E-state index contributed by atoms with van der Waals surface area (Å²) in [4.78, 5) is 25.5. The highest BCUT2D eigenvalue weighted by atomic mass is 35.5. The second-order valence-electron chi connectivity index (χ2n) is 2.41. The van der Waals surface area contributed by atoms with Gasteiger partial charge in [0.15, 0.2) is 6.29 Å². The minimum absolute atomic E-state index is 0.00375. The van der Waals surface area contributed by atoms with Crippen molar-refractivity contribution in [3.05, 3.63) is 28.5 Å². The van der Waals surface area contributed by atoms with Crippen LogP contribution < -0.4 is 0 Å². The second-order valence-corrected chi connectivity index (χ2v) is 2.79. The van der Waals surface area contributed by atoms with E-state index in [-0.39, 0.29) is 23.0 Å². The average molecular weight is 214 g/mol. The highest BCUT2D eigenvalue weighted by Crippen LogP contribution is 2.11. The number of hydrogen-bond donors (Lipinski definition) is 0. The summed E-state index contributed by atoms with van der Waals surface area (Å²) in [6, 6.07) is 2.85. The Balaban J connectivity index is 3.07. The summed E-state index contributed by atoms with van der Waals surface area (Å²) < 4.78 is 4.73. The van der Waals surface area contributed by atoms with Gasteiger partial charge in [0.2, 0.25) is 0 Å². The van der Waals surface area contributed by atoms with Gasteiger partial charge in [-0.2, -0.15) is 0 Å². The smallest absolute Gasteiger partial charge is 0.340 e. The monoisotopic (exact) mass is 213 g/mol. The third-order valence-corrected chi connectivity index (χ3v) is 1.71. The first-order valence-electron chi connectivity index (χ1n) is 3.98. The molecule has 0 bridgehead atoms. The molecular weight excluding hydrogens is 206 g/mol. The quantitative estimate of drug-likeness (QED) is 0.436. The predicted molar refractivity (Wildman–Crippen MR) is 50.6 cm³/mol. The van der Waals surface area contributed by atoms with Crippen molar-refractivity contribution < 1.29 is 14.3 Å². The van der Waals surface area contributed by atoms with Gasteiger partial charge in [0.1, 0.15) is 10.8 Å². The minimum atomic E-state index is -0.571. The predicted octanol–water partition coefficient (Wildman–Crippen LogP) is 1.72. The Hall–Kier alpha value is -1.42. The van der Waals surface area contributed by atoms with Gasteiger partial charge in [0.25, 0.3) is 0 Å². The number of aldehydes is 1. The Labute approximate surface area is 85.9 Å². The summed E-state index contributed by atoms with van der Waals surface area (Å²) >= 11 is 5.56. The number of rotatable bonds is 3. The van der Waals surface area contributed by atoms with Crippen LogP contribution in [0.1, 0.15) is 27.8 Å². The Kier molecular flexibility index (Phi) is 3.59. The summed E-state index contributed by atoms with van der Waals surface area (Å²) in [6.45, 7) is 1.93. The zero-order valence-electron chi connectivity index (χ0n) is 7.49. The molecule has 14 heavy (non-hydrogen) atoms. The minimum Gasteiger partial charge on any atom is -0.462 e. The summed E-state index contributed by atoms with van der Waals surface area (Å²) in [7, 11) is 0. The van der Waals surface area contributed by atoms with Crippen LogP contribution in [0.5, 0.6) is 0 Å². The van der Waals surface area contributed by atoms with E-state index in [9.17, 15) is 9.59 Å². The molecule has 1 heterocycles. The van der Waals surface area contributed by atoms with Crippen molar-refractivity contribution in [2.24, 2.45) is 0 Å². The van der Waals surface area contributed by atoms with E-state index in [1.807, 2.05) is 0 Å². The first kappa shape index (κ1) is 10.7. The highest BCUT2D eigenvalue weighted by Gasteiger charge is 2.13. The van der Waals surface area contributed by atoms with Crippen LogP contribution in [0.3, 0.4) is 0 Å². The number of pyridine rings is 1. The number of aromatic nitrogens is 1. The fourth-order valence-corrected chi connectivity index (χ4v) is 1.08. The van der Waals surface area contributed by atoms with Crippen molar-refractivity contribution in [1.29, 1.82) is 0 Å². The Morgan fingerprint density at radius 3 is 2.93 bits per heavy atom. The zero-order valence-corrected chi connectivity index (χ0v) is 8.25. The molecule has 1 rings (SSSR count). The van der Waals surface area contributed by atoms with Crippen molar-refractivity contribution in [3.8, 4) is 0 Å². The third kappa shape index (κ3) is 2.29. The molecule has 1 aromatic heterocycles. The molecule has 0 saturated carbocycles. The van der Waals surface area contributed by atoms with Gasteiger partial charge < -0.3 is 4.74 Å². The first-order chi connectivity index (χ1) is 6.69. The first-order valence-corrected chi connectivity index (χ1v) is 4.35. The van der Waals surface area contributed by atoms with Crippen molar-refractivity contribution >= 4 is 23.9 Å². The van der Waals surface area contributed by atoms with Gasteiger partial charge in [-0.15, -0.1) is 0 Å². The molecule has 0 aliphatic carbocycles. The van der Waals surface area contributed by atoms with Crippen molar-refractivity contribution in [1.82, 2.24) is 4.98 Å². The van der Waals surface area contributed by atoms with Crippen LogP contribution in [0.15, 0.2) is 12.1 Å². The summed E-state index contributed by atoms with van der Waals surface area (Å²) in [5.74, 6) is -0.571. The molecule has 0 aromatic carbocycles. The number of ether oxygens (including phenoxy) is 1. The van der Waals surface area contributed by atoms with E-state index in [0.29, 0.717) is 6.29 Å². The molecule has 5 heteroatoms. The van der Waals surface area contributed by atoms with Gasteiger partial charge in [-0.3, -0.25) is 4.79 Å². The third-order valence-electron chi connectivity index (χ3n) is 1.50. The van der Waals surface area contributed by atoms with Crippen molar-refractivity contribution in [2.45, 2.75) is 6.92 Å². The molecule has 0 radical (unpaired) electrons. The molecule has 0 aliphatic rings. The van der Waals surface area contributed by atoms with E-state index in [4.69, 9.17) is 16.3 Å². The summed E-state index contributed by atoms with van der Waals surface area (Å²) in [5.41, 5.74) is 0.127. The lowest BCUT2D eigenvalue weighted by atomic mass is 10.2. The average Bonchev–Trinajstić information content (AvgIpc) is 2.17. The maximum absolute atomic E-state index is 11.3. The van der Waals surface area contributed by atoms with E-state index < -0.39 is 5.97 Å². The number of carbonyl (C=O) groups excluding carboxylic acids is 2. The molecule has 0 spiro atoms. The van der Waals surface area contributed by atoms with Crippen LogP contribution in [-0.4, -0.2) is 23.8 Å². The molecule has 4 nitrogen and oxygen atoms in total. The SMILES string of the molecule is CCOC(=O)c1ccc(Cl)nc1C=O. The number of halogens is 1. The number of esters is 1. The van der Waals surface area contributed by atoms with Gasteiger partial charge in [-0.25, -0.2) is 9.78 Å². The molecule has 74 valence electrons. The van der Waals surface area contributed by atoms with Crippen LogP contribution in [-0.2, 0) is 4.74 Å². The van der Waals surface area contributed by atoms with E-state index in [1.165, 1.54) is 12.1 Å². The Bertz CT molecular complexity index is 365. The summed E-state index contributed by atoms with van der Waals surface area (Å²) in [5, 5.41) is 0.167. The number of hydrogen-bond acceptors (Lipinski definition) is 4. The van der Waals surface area contributed by atoms with Crippen LogP contribution in [0.25, 0.3) is 0 Å². The molecule has 1 aromatic rings. The molecule has 0 N–H and O–H groups in total. The maximum atomic E-state index is 11.3. The number of carbonyl (C=O) groups is 2. The van der Waals surface area contributed by atoms with Gasteiger partial charge in [-0.05, 0) is 19.1 Å². The molecule has 0 unspecified atom stereocenters. The summed E-state index contributed by atoms with van der Waals surface area (Å²) in [6.07, 6.45) is 0.470. The molecule has 0 saturated heterocycles. The molecule has 0 amide bonds. The fraction of sp³-hybridized carbons (Fsp3) is 0.222. The lowest BCUT2D eigenvalue weighted by Crippen LogP contribution is -2.09. The Morgan fingerprint density at radius 1 is 1.64 bits per heavy atom. The van der Waals surface area contributed by atoms with E-state index >= 15 is 0 Å². The van der Waals surface area contributed by atoms with Crippen LogP contribution in [0.2, 0.25) is 5.15 Å². The van der Waals surface area contributed by atoms with Gasteiger partial charge in [0, 0.05) is 0 Å². The lowest BCUT2D eigenvalue weighted by molar-refractivity contribution is 0.0523. The molecule has 0 atom stereocenters. The van der Waals surface area contributed by atoms with Gasteiger partial charge >= 0.3 is 5.97 Å². The normalized spacial score (nSPS) is 9.57. The number of nitrogens with zero attached hydrogens (tertiary/aromatic N) is 1. The second kappa shape index (κ2) is 4.72. The van der Waals surface area contributed by atoms with Crippen LogP contribution in [0, 0.1) is 0 Å². The highest BCUT2D eigenvalue weighted by molar-refractivity contribution is 6.29. The van der Waals surface area contributed by atoms with Gasteiger partial charge in [-0.1, -0.05) is 11.6 Å². The zero-order chi connectivity index (χ0) is 10.6. The van der Waals surface area contributed by atoms with Crippen molar-refractivity contribution in [2.75, 3.05) is 6.61 Å². The largest absolute Gasteiger partial charge is 0.462 e. The standard InChI is InChI=1S/C9H8ClNO3/c1-2-14-9(13)6-3-4-8(10)11-7(6)5-12/h3-5H,2H2,1H3. The Morgan fingerprint density at radius 2 is 2.36 bits per heavy atom. The lowest BCUT2D eigenvalue weighted by Gasteiger charge is -2.03. The van der Waals surface area contributed by atoms with Crippen LogP contribution >= 0.6 is 11.6 Å². The fourth-order valence-electron chi connectivity index (χ4n) is 0.921. The molecular formula is C9H8ClNO3. The van der Waals surface area contributed by atoms with Crippen molar-refractivity contribution in [3.63, 3.8) is 0 Å².